The molecule has 0 radical (unpaired) electrons. The van der Waals surface area contributed by atoms with Gasteiger partial charge in [-0.25, -0.2) is 13.8 Å². The molecule has 0 bridgehead atoms. The first-order chi connectivity index (χ1) is 6.07. The molecular formula is C7H6F2INO2. The molecule has 0 unspecified atom stereocenters. The van der Waals surface area contributed by atoms with Crippen LogP contribution in [0.3, 0.4) is 0 Å². The minimum absolute atomic E-state index is 0.158. The highest BCUT2D eigenvalue weighted by molar-refractivity contribution is 14.1. The molecule has 0 aliphatic carbocycles. The van der Waals surface area contributed by atoms with Crippen LogP contribution in [0, 0.1) is 3.70 Å². The molecule has 72 valence electrons. The van der Waals surface area contributed by atoms with Crippen LogP contribution >= 0.6 is 22.6 Å². The maximum Gasteiger partial charge on any atom is 0.265 e. The fraction of sp³-hybridized carbons (Fsp3) is 0.286. The molecule has 0 spiro atoms. The van der Waals surface area contributed by atoms with E-state index in [0.29, 0.717) is 0 Å². The van der Waals surface area contributed by atoms with Gasteiger partial charge in [0.15, 0.2) is 5.75 Å². The molecule has 0 aliphatic heterocycles. The lowest BCUT2D eigenvalue weighted by atomic mass is 10.1. The second-order valence-electron chi connectivity index (χ2n) is 2.29. The second-order valence-corrected chi connectivity index (χ2v) is 3.31. The summed E-state index contributed by atoms with van der Waals surface area (Å²) in [5, 5.41) is 18.0. The van der Waals surface area contributed by atoms with E-state index in [2.05, 4.69) is 4.98 Å². The van der Waals surface area contributed by atoms with E-state index < -0.39 is 18.6 Å². The number of rotatable bonds is 2. The number of aliphatic hydroxyl groups is 1. The molecule has 0 aromatic carbocycles. The summed E-state index contributed by atoms with van der Waals surface area (Å²) in [6, 6.07) is 0. The maximum absolute atomic E-state index is 12.3. The van der Waals surface area contributed by atoms with Gasteiger partial charge in [0.05, 0.1) is 6.61 Å². The number of aromatic nitrogens is 1. The van der Waals surface area contributed by atoms with Crippen LogP contribution in [0.15, 0.2) is 6.20 Å². The third-order valence-corrected chi connectivity index (χ3v) is 2.33. The van der Waals surface area contributed by atoms with Crippen molar-refractivity contribution in [1.82, 2.24) is 4.98 Å². The molecule has 0 saturated heterocycles. The van der Waals surface area contributed by atoms with Crippen molar-refractivity contribution in [2.24, 2.45) is 0 Å². The third-order valence-electron chi connectivity index (χ3n) is 1.54. The van der Waals surface area contributed by atoms with Gasteiger partial charge in [-0.15, -0.1) is 0 Å². The minimum Gasteiger partial charge on any atom is -0.505 e. The summed E-state index contributed by atoms with van der Waals surface area (Å²) < 4.78 is 24.7. The van der Waals surface area contributed by atoms with Gasteiger partial charge in [-0.2, -0.15) is 0 Å². The largest absolute Gasteiger partial charge is 0.505 e. The highest BCUT2D eigenvalue weighted by Gasteiger charge is 2.18. The van der Waals surface area contributed by atoms with Crippen LogP contribution in [0.1, 0.15) is 17.6 Å². The van der Waals surface area contributed by atoms with Crippen LogP contribution in [0.25, 0.3) is 0 Å². The normalized spacial score (nSPS) is 10.8. The fourth-order valence-corrected chi connectivity index (χ4v) is 1.35. The summed E-state index contributed by atoms with van der Waals surface area (Å²) in [6.07, 6.45) is -1.78. The van der Waals surface area contributed by atoms with Crippen molar-refractivity contribution in [2.75, 3.05) is 0 Å². The number of hydrogen-bond acceptors (Lipinski definition) is 3. The minimum atomic E-state index is -2.74. The molecule has 13 heavy (non-hydrogen) atoms. The van der Waals surface area contributed by atoms with Crippen molar-refractivity contribution in [3.8, 4) is 5.75 Å². The average molecular weight is 301 g/mol. The average Bonchev–Trinajstić information content (AvgIpc) is 2.09. The molecule has 1 aromatic heterocycles. The molecule has 0 atom stereocenters. The lowest BCUT2D eigenvalue weighted by Gasteiger charge is -2.08. The second kappa shape index (κ2) is 4.14. The van der Waals surface area contributed by atoms with Crippen molar-refractivity contribution >= 4 is 22.6 Å². The van der Waals surface area contributed by atoms with Gasteiger partial charge < -0.3 is 10.2 Å². The Morgan fingerprint density at radius 1 is 1.54 bits per heavy atom. The maximum atomic E-state index is 12.3. The molecule has 6 heteroatoms. The van der Waals surface area contributed by atoms with Gasteiger partial charge in [-0.1, -0.05) is 0 Å². The Balaban J connectivity index is 3.30. The van der Waals surface area contributed by atoms with E-state index in [9.17, 15) is 13.9 Å². The van der Waals surface area contributed by atoms with E-state index in [-0.39, 0.29) is 15.0 Å². The van der Waals surface area contributed by atoms with Gasteiger partial charge in [-0.05, 0) is 22.6 Å². The zero-order chi connectivity index (χ0) is 10.0. The molecule has 0 aliphatic rings. The number of pyridine rings is 1. The summed E-state index contributed by atoms with van der Waals surface area (Å²) in [4.78, 5) is 3.55. The quantitative estimate of drug-likeness (QED) is 0.647. The summed E-state index contributed by atoms with van der Waals surface area (Å²) in [5.74, 6) is -0.374. The number of nitrogens with zero attached hydrogens (tertiary/aromatic N) is 1. The zero-order valence-corrected chi connectivity index (χ0v) is 8.49. The number of alkyl halides is 2. The van der Waals surface area contributed by atoms with Crippen LogP contribution < -0.4 is 0 Å². The highest BCUT2D eigenvalue weighted by atomic mass is 127. The molecule has 0 saturated carbocycles. The Labute approximate surface area is 86.6 Å². The molecule has 1 heterocycles. The Kier molecular flexibility index (Phi) is 3.37. The zero-order valence-electron chi connectivity index (χ0n) is 6.34. The van der Waals surface area contributed by atoms with Crippen LogP contribution in [0.4, 0.5) is 8.78 Å². The van der Waals surface area contributed by atoms with E-state index in [1.807, 2.05) is 0 Å². The van der Waals surface area contributed by atoms with E-state index >= 15 is 0 Å². The summed E-state index contributed by atoms with van der Waals surface area (Å²) >= 11 is 1.70. The number of aromatic hydroxyl groups is 1. The van der Waals surface area contributed by atoms with Crippen molar-refractivity contribution in [1.29, 1.82) is 0 Å². The first-order valence-electron chi connectivity index (χ1n) is 3.33. The molecule has 0 amide bonds. The molecule has 3 nitrogen and oxygen atoms in total. The van der Waals surface area contributed by atoms with Gasteiger partial charge in [0.2, 0.25) is 0 Å². The SMILES string of the molecule is OCc1c(C(F)F)cnc(I)c1O. The van der Waals surface area contributed by atoms with E-state index in [0.717, 1.165) is 6.20 Å². The van der Waals surface area contributed by atoms with Gasteiger partial charge in [-0.3, -0.25) is 0 Å². The Morgan fingerprint density at radius 2 is 2.15 bits per heavy atom. The van der Waals surface area contributed by atoms with Gasteiger partial charge >= 0.3 is 0 Å². The van der Waals surface area contributed by atoms with E-state index in [1.165, 1.54) is 0 Å². The van der Waals surface area contributed by atoms with Crippen LogP contribution in [-0.4, -0.2) is 15.2 Å². The molecule has 0 fully saturated rings. The van der Waals surface area contributed by atoms with Gasteiger partial charge in [0.1, 0.15) is 3.70 Å². The first kappa shape index (κ1) is 10.6. The predicted octanol–water partition coefficient (Wildman–Crippen LogP) is 1.82. The Bertz CT molecular complexity index is 320. The van der Waals surface area contributed by atoms with Crippen LogP contribution in [-0.2, 0) is 6.61 Å². The van der Waals surface area contributed by atoms with Crippen LogP contribution in [0.2, 0.25) is 0 Å². The molecule has 1 rings (SSSR count). The standard InChI is InChI=1S/C7H6F2INO2/c8-6(9)3-1-11-7(10)5(13)4(3)2-12/h1,6,12-13H,2H2. The lowest BCUT2D eigenvalue weighted by Crippen LogP contribution is -1.98. The predicted molar refractivity (Wildman–Crippen MR) is 49.5 cm³/mol. The number of hydrogen-bond donors (Lipinski definition) is 2. The van der Waals surface area contributed by atoms with Gasteiger partial charge in [0, 0.05) is 17.3 Å². The summed E-state index contributed by atoms with van der Waals surface area (Å²) in [7, 11) is 0. The molecular weight excluding hydrogens is 295 g/mol. The van der Waals surface area contributed by atoms with E-state index in [1.54, 1.807) is 22.6 Å². The lowest BCUT2D eigenvalue weighted by molar-refractivity contribution is 0.145. The van der Waals surface area contributed by atoms with E-state index in [4.69, 9.17) is 5.11 Å². The summed E-state index contributed by atoms with van der Waals surface area (Å²) in [6.45, 7) is -0.621. The number of halogens is 3. The van der Waals surface area contributed by atoms with Crippen molar-refractivity contribution < 1.29 is 19.0 Å². The van der Waals surface area contributed by atoms with Gasteiger partial charge in [0.25, 0.3) is 6.43 Å². The smallest absolute Gasteiger partial charge is 0.265 e. The van der Waals surface area contributed by atoms with Crippen molar-refractivity contribution in [3.05, 3.63) is 21.0 Å². The Hall–Kier alpha value is -0.500. The fourth-order valence-electron chi connectivity index (χ4n) is 0.881. The molecule has 2 N–H and O–H groups in total. The first-order valence-corrected chi connectivity index (χ1v) is 4.41. The van der Waals surface area contributed by atoms with Crippen molar-refractivity contribution in [2.45, 2.75) is 13.0 Å². The molecule has 1 aromatic rings. The third kappa shape index (κ3) is 2.05. The topological polar surface area (TPSA) is 53.4 Å². The monoisotopic (exact) mass is 301 g/mol. The number of aliphatic hydroxyl groups excluding tert-OH is 1. The van der Waals surface area contributed by atoms with Crippen molar-refractivity contribution in [3.63, 3.8) is 0 Å². The van der Waals surface area contributed by atoms with Crippen LogP contribution in [0.5, 0.6) is 5.75 Å². The highest BCUT2D eigenvalue weighted by Crippen LogP contribution is 2.31. The summed E-state index contributed by atoms with van der Waals surface area (Å²) in [5.41, 5.74) is -0.588. The Morgan fingerprint density at radius 3 is 2.62 bits per heavy atom.